The first-order chi connectivity index (χ1) is 16.1. The Morgan fingerprint density at radius 2 is 1.76 bits per heavy atom. The van der Waals surface area contributed by atoms with Gasteiger partial charge in [0.2, 0.25) is 0 Å². The predicted molar refractivity (Wildman–Crippen MR) is 118 cm³/mol. The Morgan fingerprint density at radius 3 is 2.58 bits per heavy atom. The summed E-state index contributed by atoms with van der Waals surface area (Å²) in [7, 11) is 0. The summed E-state index contributed by atoms with van der Waals surface area (Å²) in [6, 6.07) is 17.2. The van der Waals surface area contributed by atoms with Gasteiger partial charge in [-0.05, 0) is 35.9 Å². The zero-order chi connectivity index (χ0) is 22.8. The minimum atomic E-state index is -0.981. The average molecular weight is 443 g/mol. The lowest BCUT2D eigenvalue weighted by Crippen LogP contribution is -2.15. The number of hydrogen-bond donors (Lipinski definition) is 2. The first-order valence-corrected chi connectivity index (χ1v) is 9.86. The molecule has 0 aliphatic heterocycles. The summed E-state index contributed by atoms with van der Waals surface area (Å²) in [5, 5.41) is 9.66. The Bertz CT molecular complexity index is 1470. The highest BCUT2D eigenvalue weighted by Crippen LogP contribution is 2.29. The van der Waals surface area contributed by atoms with Crippen LogP contribution >= 0.6 is 0 Å². The van der Waals surface area contributed by atoms with Crippen LogP contribution in [0.5, 0.6) is 11.5 Å². The van der Waals surface area contributed by atoms with Gasteiger partial charge in [-0.15, -0.1) is 0 Å². The number of ether oxygens (including phenoxy) is 1. The summed E-state index contributed by atoms with van der Waals surface area (Å²) in [4.78, 5) is 20.5. The van der Waals surface area contributed by atoms with Gasteiger partial charge in [0.25, 0.3) is 5.91 Å². The topological polar surface area (TPSA) is 92.8 Å². The van der Waals surface area contributed by atoms with Crippen molar-refractivity contribution in [1.29, 1.82) is 0 Å². The van der Waals surface area contributed by atoms with E-state index in [0.29, 0.717) is 28.5 Å². The fourth-order valence-corrected chi connectivity index (χ4v) is 3.30. The Hall–Kier alpha value is -4.66. The lowest BCUT2D eigenvalue weighted by atomic mass is 10.0. The molecule has 0 spiro atoms. The van der Waals surface area contributed by atoms with Gasteiger partial charge in [-0.1, -0.05) is 24.3 Å². The molecule has 0 radical (unpaired) electrons. The predicted octanol–water partition coefficient (Wildman–Crippen LogP) is 5.34. The summed E-state index contributed by atoms with van der Waals surface area (Å²) in [5.41, 5.74) is 2.20. The van der Waals surface area contributed by atoms with E-state index in [2.05, 4.69) is 25.5 Å². The van der Waals surface area contributed by atoms with E-state index >= 15 is 0 Å². The number of H-pyrrole nitrogens is 1. The molecule has 0 saturated heterocycles. The Kier molecular flexibility index (Phi) is 5.19. The zero-order valence-electron chi connectivity index (χ0n) is 16.9. The monoisotopic (exact) mass is 443 g/mol. The van der Waals surface area contributed by atoms with E-state index < -0.39 is 17.5 Å². The van der Waals surface area contributed by atoms with E-state index in [0.717, 1.165) is 17.3 Å². The molecule has 3 aromatic heterocycles. The van der Waals surface area contributed by atoms with Gasteiger partial charge in [-0.25, -0.2) is 13.8 Å². The summed E-state index contributed by atoms with van der Waals surface area (Å²) < 4.78 is 32.8. The summed E-state index contributed by atoms with van der Waals surface area (Å²) in [6.45, 7) is 0. The standard InChI is InChI=1S/C24H15F2N5O2/c25-16-10-20(26)23(28-12-16)29-24(32)22-19-9-14(6-7-21(19)30-31-22)15-8-18(13-27-11-15)33-17-4-2-1-3-5-17/h1-13H,(H,30,31)(H,28,29,32). The molecule has 9 heteroatoms. The molecule has 0 unspecified atom stereocenters. The molecule has 5 aromatic rings. The number of halogens is 2. The third-order valence-corrected chi connectivity index (χ3v) is 4.84. The third kappa shape index (κ3) is 4.24. The van der Waals surface area contributed by atoms with Crippen molar-refractivity contribution < 1.29 is 18.3 Å². The molecule has 3 heterocycles. The third-order valence-electron chi connectivity index (χ3n) is 4.84. The minimum Gasteiger partial charge on any atom is -0.456 e. The van der Waals surface area contributed by atoms with Crippen molar-refractivity contribution in [2.45, 2.75) is 0 Å². The van der Waals surface area contributed by atoms with Gasteiger partial charge >= 0.3 is 0 Å². The van der Waals surface area contributed by atoms with Crippen molar-refractivity contribution >= 4 is 22.6 Å². The number of anilines is 1. The average Bonchev–Trinajstić information content (AvgIpc) is 3.25. The molecule has 162 valence electrons. The van der Waals surface area contributed by atoms with E-state index in [4.69, 9.17) is 4.74 Å². The lowest BCUT2D eigenvalue weighted by Gasteiger charge is -2.08. The first-order valence-electron chi connectivity index (χ1n) is 9.86. The van der Waals surface area contributed by atoms with Crippen LogP contribution in [0.2, 0.25) is 0 Å². The largest absolute Gasteiger partial charge is 0.456 e. The quantitative estimate of drug-likeness (QED) is 0.382. The normalized spacial score (nSPS) is 10.8. The number of benzene rings is 2. The number of aromatic nitrogens is 4. The molecule has 0 fully saturated rings. The number of rotatable bonds is 5. The van der Waals surface area contributed by atoms with Crippen molar-refractivity contribution in [3.05, 3.63) is 96.6 Å². The van der Waals surface area contributed by atoms with Crippen LogP contribution in [-0.2, 0) is 0 Å². The highest BCUT2D eigenvalue weighted by Gasteiger charge is 2.18. The molecule has 1 amide bonds. The lowest BCUT2D eigenvalue weighted by molar-refractivity contribution is 0.102. The van der Waals surface area contributed by atoms with Crippen molar-refractivity contribution in [1.82, 2.24) is 20.2 Å². The van der Waals surface area contributed by atoms with Crippen LogP contribution in [0.4, 0.5) is 14.6 Å². The fraction of sp³-hybridized carbons (Fsp3) is 0. The van der Waals surface area contributed by atoms with E-state index in [-0.39, 0.29) is 11.5 Å². The maximum Gasteiger partial charge on any atom is 0.278 e. The smallest absolute Gasteiger partial charge is 0.278 e. The Balaban J connectivity index is 1.45. The minimum absolute atomic E-state index is 0.0435. The van der Waals surface area contributed by atoms with Crippen LogP contribution in [0.15, 0.2) is 79.3 Å². The number of aromatic amines is 1. The van der Waals surface area contributed by atoms with Crippen molar-refractivity contribution in [3.63, 3.8) is 0 Å². The fourth-order valence-electron chi connectivity index (χ4n) is 3.30. The van der Waals surface area contributed by atoms with Gasteiger partial charge in [0, 0.05) is 23.2 Å². The van der Waals surface area contributed by atoms with Crippen molar-refractivity contribution in [2.75, 3.05) is 5.32 Å². The molecule has 33 heavy (non-hydrogen) atoms. The molecule has 0 atom stereocenters. The van der Waals surface area contributed by atoms with Crippen molar-refractivity contribution in [2.24, 2.45) is 0 Å². The summed E-state index contributed by atoms with van der Waals surface area (Å²) >= 11 is 0. The van der Waals surface area contributed by atoms with Gasteiger partial charge in [-0.2, -0.15) is 5.10 Å². The second-order valence-corrected chi connectivity index (χ2v) is 7.10. The van der Waals surface area contributed by atoms with Crippen LogP contribution < -0.4 is 10.1 Å². The van der Waals surface area contributed by atoms with Crippen LogP contribution in [0.1, 0.15) is 10.5 Å². The van der Waals surface area contributed by atoms with Gasteiger partial charge in [-0.3, -0.25) is 14.9 Å². The number of nitrogens with one attached hydrogen (secondary N) is 2. The molecule has 2 N–H and O–H groups in total. The highest BCUT2D eigenvalue weighted by molar-refractivity contribution is 6.11. The van der Waals surface area contributed by atoms with Crippen molar-refractivity contribution in [3.8, 4) is 22.6 Å². The van der Waals surface area contributed by atoms with Gasteiger partial charge in [0.1, 0.15) is 17.3 Å². The molecule has 5 rings (SSSR count). The van der Waals surface area contributed by atoms with Crippen LogP contribution in [-0.4, -0.2) is 26.1 Å². The number of carbonyl (C=O) groups is 1. The molecule has 0 aliphatic rings. The maximum atomic E-state index is 13.9. The zero-order valence-corrected chi connectivity index (χ0v) is 16.9. The Morgan fingerprint density at radius 1 is 0.909 bits per heavy atom. The van der Waals surface area contributed by atoms with E-state index in [1.54, 1.807) is 24.5 Å². The van der Waals surface area contributed by atoms with Crippen LogP contribution in [0.3, 0.4) is 0 Å². The maximum absolute atomic E-state index is 13.9. The molecule has 0 aliphatic carbocycles. The Labute approximate surface area is 186 Å². The van der Waals surface area contributed by atoms with Gasteiger partial charge in [0.15, 0.2) is 17.3 Å². The van der Waals surface area contributed by atoms with E-state index in [1.807, 2.05) is 42.5 Å². The van der Waals surface area contributed by atoms with Gasteiger partial charge < -0.3 is 10.1 Å². The number of pyridine rings is 2. The number of para-hydroxylation sites is 1. The second kappa shape index (κ2) is 8.46. The molecule has 7 nitrogen and oxygen atoms in total. The van der Waals surface area contributed by atoms with Gasteiger partial charge in [0.05, 0.1) is 17.9 Å². The number of carbonyl (C=O) groups excluding carboxylic acids is 1. The number of nitrogens with zero attached hydrogens (tertiary/aromatic N) is 3. The second-order valence-electron chi connectivity index (χ2n) is 7.10. The molecule has 0 saturated carbocycles. The molecular weight excluding hydrogens is 428 g/mol. The van der Waals surface area contributed by atoms with E-state index in [9.17, 15) is 13.6 Å². The first kappa shape index (κ1) is 20.3. The molecular formula is C24H15F2N5O2. The number of amides is 1. The molecule has 0 bridgehead atoms. The summed E-state index contributed by atoms with van der Waals surface area (Å²) in [5.74, 6) is -1.65. The SMILES string of the molecule is O=C(Nc1ncc(F)cc1F)c1n[nH]c2ccc(-c3cncc(Oc4ccccc4)c3)cc12. The summed E-state index contributed by atoms with van der Waals surface area (Å²) in [6.07, 6.45) is 4.10. The molecule has 2 aromatic carbocycles. The van der Waals surface area contributed by atoms with Crippen LogP contribution in [0.25, 0.3) is 22.0 Å². The highest BCUT2D eigenvalue weighted by atomic mass is 19.1. The van der Waals surface area contributed by atoms with Crippen LogP contribution in [0, 0.1) is 11.6 Å². The number of fused-ring (bicyclic) bond motifs is 1. The van der Waals surface area contributed by atoms with E-state index in [1.165, 1.54) is 0 Å². The number of hydrogen-bond acceptors (Lipinski definition) is 5.